The predicted octanol–water partition coefficient (Wildman–Crippen LogP) is 2.20. The highest BCUT2D eigenvalue weighted by atomic mass is 32.1. The van der Waals surface area contributed by atoms with E-state index in [0.717, 1.165) is 24.1 Å². The first-order valence-electron chi connectivity index (χ1n) is 5.60. The highest BCUT2D eigenvalue weighted by molar-refractivity contribution is 7.15. The van der Waals surface area contributed by atoms with E-state index in [1.54, 1.807) is 0 Å². The van der Waals surface area contributed by atoms with Gasteiger partial charge in [-0.05, 0) is 19.4 Å². The van der Waals surface area contributed by atoms with Crippen molar-refractivity contribution >= 4 is 16.5 Å². The number of hydrogen-bond acceptors (Lipinski definition) is 4. The Kier molecular flexibility index (Phi) is 3.26. The van der Waals surface area contributed by atoms with Gasteiger partial charge in [-0.2, -0.15) is 0 Å². The topological polar surface area (TPSA) is 28.2 Å². The minimum atomic E-state index is 0.753. The number of nitrogens with one attached hydrogen (secondary N) is 1. The Morgan fingerprint density at radius 1 is 1.47 bits per heavy atom. The molecule has 1 heterocycles. The van der Waals surface area contributed by atoms with Crippen molar-refractivity contribution in [1.29, 1.82) is 0 Å². The maximum absolute atomic E-state index is 4.73. The maximum atomic E-state index is 4.73. The van der Waals surface area contributed by atoms with Gasteiger partial charge in [-0.15, -0.1) is 11.3 Å². The van der Waals surface area contributed by atoms with E-state index in [-0.39, 0.29) is 0 Å². The molecule has 0 bridgehead atoms. The van der Waals surface area contributed by atoms with E-state index in [1.807, 2.05) is 11.3 Å². The number of anilines is 1. The van der Waals surface area contributed by atoms with Crippen LogP contribution < -0.4 is 10.2 Å². The second kappa shape index (κ2) is 4.49. The van der Waals surface area contributed by atoms with Crippen molar-refractivity contribution in [2.75, 3.05) is 25.5 Å². The van der Waals surface area contributed by atoms with Crippen LogP contribution in [-0.2, 0) is 6.54 Å². The molecule has 2 rings (SSSR count). The third-order valence-corrected chi connectivity index (χ3v) is 3.84. The van der Waals surface area contributed by atoms with Crippen molar-refractivity contribution in [3.63, 3.8) is 0 Å². The third kappa shape index (κ3) is 2.49. The van der Waals surface area contributed by atoms with Crippen LogP contribution in [0, 0.1) is 0 Å². The average Bonchev–Trinajstić information content (AvgIpc) is 2.95. The van der Waals surface area contributed by atoms with Crippen molar-refractivity contribution in [3.05, 3.63) is 10.6 Å². The molecule has 0 atom stereocenters. The molecule has 0 amide bonds. The Balaban J connectivity index is 2.17. The van der Waals surface area contributed by atoms with E-state index in [4.69, 9.17) is 4.98 Å². The predicted molar refractivity (Wildman–Crippen MR) is 65.8 cm³/mol. The quantitative estimate of drug-likeness (QED) is 0.832. The summed E-state index contributed by atoms with van der Waals surface area (Å²) in [6.07, 6.45) is 2.66. The fourth-order valence-corrected chi connectivity index (χ4v) is 2.62. The van der Waals surface area contributed by atoms with Gasteiger partial charge in [0.1, 0.15) is 0 Å². The second-order valence-electron chi connectivity index (χ2n) is 4.25. The Bertz CT molecular complexity index is 329. The average molecular weight is 225 g/mol. The van der Waals surface area contributed by atoms with Gasteiger partial charge in [0.25, 0.3) is 0 Å². The van der Waals surface area contributed by atoms with E-state index in [1.165, 1.54) is 23.4 Å². The highest BCUT2D eigenvalue weighted by Gasteiger charge is 2.29. The molecule has 0 unspecified atom stereocenters. The van der Waals surface area contributed by atoms with Crippen LogP contribution in [-0.4, -0.2) is 25.6 Å². The normalized spacial score (nSPS) is 15.7. The molecule has 1 aliphatic rings. The van der Waals surface area contributed by atoms with Crippen LogP contribution in [0.1, 0.15) is 36.3 Å². The fraction of sp³-hybridized carbons (Fsp3) is 0.727. The van der Waals surface area contributed by atoms with Gasteiger partial charge >= 0.3 is 0 Å². The molecule has 0 aromatic carbocycles. The molecular weight excluding hydrogens is 206 g/mol. The van der Waals surface area contributed by atoms with Gasteiger partial charge in [-0.3, -0.25) is 0 Å². The molecule has 0 spiro atoms. The molecule has 0 saturated heterocycles. The Morgan fingerprint density at radius 3 is 2.73 bits per heavy atom. The smallest absolute Gasteiger partial charge is 0.185 e. The Labute approximate surface area is 95.5 Å². The largest absolute Gasteiger partial charge is 0.354 e. The number of rotatable bonds is 5. The minimum Gasteiger partial charge on any atom is -0.354 e. The van der Waals surface area contributed by atoms with Crippen LogP contribution in [0.25, 0.3) is 0 Å². The lowest BCUT2D eigenvalue weighted by Gasteiger charge is -2.05. The third-order valence-electron chi connectivity index (χ3n) is 2.60. The molecule has 3 nitrogen and oxygen atoms in total. The second-order valence-corrected chi connectivity index (χ2v) is 5.32. The zero-order chi connectivity index (χ0) is 10.8. The van der Waals surface area contributed by atoms with Crippen LogP contribution >= 0.6 is 11.3 Å². The van der Waals surface area contributed by atoms with Crippen LogP contribution in [0.4, 0.5) is 5.13 Å². The van der Waals surface area contributed by atoms with E-state index < -0.39 is 0 Å². The molecule has 1 aliphatic carbocycles. The van der Waals surface area contributed by atoms with Crippen molar-refractivity contribution in [3.8, 4) is 0 Å². The zero-order valence-electron chi connectivity index (χ0n) is 9.71. The van der Waals surface area contributed by atoms with Crippen molar-refractivity contribution < 1.29 is 0 Å². The molecule has 1 N–H and O–H groups in total. The maximum Gasteiger partial charge on any atom is 0.185 e. The summed E-state index contributed by atoms with van der Waals surface area (Å²) in [5, 5.41) is 4.54. The lowest BCUT2D eigenvalue weighted by molar-refractivity contribution is 0.726. The summed E-state index contributed by atoms with van der Waals surface area (Å²) in [5.74, 6) is 0.753. The monoisotopic (exact) mass is 225 g/mol. The van der Waals surface area contributed by atoms with Gasteiger partial charge in [0.05, 0.1) is 5.69 Å². The van der Waals surface area contributed by atoms with Gasteiger partial charge in [0.2, 0.25) is 0 Å². The summed E-state index contributed by atoms with van der Waals surface area (Å²) in [6.45, 7) is 4.15. The summed E-state index contributed by atoms with van der Waals surface area (Å²) in [7, 11) is 4.12. The number of thiazole rings is 1. The van der Waals surface area contributed by atoms with Crippen LogP contribution in [0.2, 0.25) is 0 Å². The van der Waals surface area contributed by atoms with Crippen molar-refractivity contribution in [2.45, 2.75) is 32.2 Å². The van der Waals surface area contributed by atoms with Crippen molar-refractivity contribution in [2.24, 2.45) is 0 Å². The lowest BCUT2D eigenvalue weighted by atomic mass is 10.2. The molecule has 0 aliphatic heterocycles. The molecule has 1 saturated carbocycles. The van der Waals surface area contributed by atoms with Gasteiger partial charge in [-0.25, -0.2) is 4.98 Å². The molecule has 15 heavy (non-hydrogen) atoms. The molecular formula is C11H19N3S. The lowest BCUT2D eigenvalue weighted by Crippen LogP contribution is -2.11. The van der Waals surface area contributed by atoms with Crippen molar-refractivity contribution in [1.82, 2.24) is 10.3 Å². The Morgan fingerprint density at radius 2 is 2.20 bits per heavy atom. The molecule has 4 heteroatoms. The first-order chi connectivity index (χ1) is 7.22. The number of hydrogen-bond donors (Lipinski definition) is 1. The standard InChI is InChI=1S/C11H19N3S/c1-4-12-7-9-10(8-5-6-8)13-11(15-9)14(2)3/h8,12H,4-7H2,1-3H3. The summed E-state index contributed by atoms with van der Waals surface area (Å²) >= 11 is 1.83. The van der Waals surface area contributed by atoms with Gasteiger partial charge in [0.15, 0.2) is 5.13 Å². The molecule has 0 radical (unpaired) electrons. The summed E-state index contributed by atoms with van der Waals surface area (Å²) in [6, 6.07) is 0. The SMILES string of the molecule is CCNCc1sc(N(C)C)nc1C1CC1. The molecule has 84 valence electrons. The van der Waals surface area contributed by atoms with Gasteiger partial charge in [0, 0.05) is 31.4 Å². The van der Waals surface area contributed by atoms with Crippen LogP contribution in [0.3, 0.4) is 0 Å². The summed E-state index contributed by atoms with van der Waals surface area (Å²) in [4.78, 5) is 8.27. The molecule has 1 aromatic heterocycles. The van der Waals surface area contributed by atoms with Crippen LogP contribution in [0.5, 0.6) is 0 Å². The minimum absolute atomic E-state index is 0.753. The fourth-order valence-electron chi connectivity index (χ4n) is 1.58. The highest BCUT2D eigenvalue weighted by Crippen LogP contribution is 2.43. The van der Waals surface area contributed by atoms with E-state index in [2.05, 4.69) is 31.2 Å². The Hall–Kier alpha value is -0.610. The number of aromatic nitrogens is 1. The summed E-state index contributed by atoms with van der Waals surface area (Å²) in [5.41, 5.74) is 1.35. The molecule has 1 fully saturated rings. The first kappa shape index (κ1) is 10.9. The zero-order valence-corrected chi connectivity index (χ0v) is 10.5. The first-order valence-corrected chi connectivity index (χ1v) is 6.41. The van der Waals surface area contributed by atoms with Crippen LogP contribution in [0.15, 0.2) is 0 Å². The van der Waals surface area contributed by atoms with Gasteiger partial charge < -0.3 is 10.2 Å². The number of nitrogens with zero attached hydrogens (tertiary/aromatic N) is 2. The van der Waals surface area contributed by atoms with Gasteiger partial charge in [-0.1, -0.05) is 6.92 Å². The summed E-state index contributed by atoms with van der Waals surface area (Å²) < 4.78 is 0. The van der Waals surface area contributed by atoms with E-state index in [0.29, 0.717) is 0 Å². The van der Waals surface area contributed by atoms with E-state index >= 15 is 0 Å². The molecule has 1 aromatic rings. The van der Waals surface area contributed by atoms with E-state index in [9.17, 15) is 0 Å².